The highest BCUT2D eigenvalue weighted by atomic mass is 32.1. The molecular formula is C17H18F3NO3S. The van der Waals surface area contributed by atoms with E-state index in [1.165, 1.54) is 32.9 Å². The van der Waals surface area contributed by atoms with Crippen LogP contribution in [0.4, 0.5) is 13.2 Å². The Bertz CT molecular complexity index is 728. The number of nitrogens with zero attached hydrogens (tertiary/aromatic N) is 1. The van der Waals surface area contributed by atoms with Gasteiger partial charge in [0.1, 0.15) is 23.2 Å². The zero-order chi connectivity index (χ0) is 19.4. The Labute approximate surface area is 149 Å². The first-order chi connectivity index (χ1) is 11.4. The Morgan fingerprint density at radius 1 is 1.32 bits per heavy atom. The first-order valence-corrected chi connectivity index (χ1v) is 7.90. The van der Waals surface area contributed by atoms with Gasteiger partial charge in [-0.3, -0.25) is 4.79 Å². The topological polar surface area (TPSA) is 70.3 Å². The van der Waals surface area contributed by atoms with E-state index in [1.54, 1.807) is 0 Å². The monoisotopic (exact) mass is 373 g/mol. The highest BCUT2D eigenvalue weighted by molar-refractivity contribution is 7.80. The molecular weight excluding hydrogens is 355 g/mol. The number of nitriles is 1. The fourth-order valence-electron chi connectivity index (χ4n) is 1.94. The van der Waals surface area contributed by atoms with Crippen molar-refractivity contribution in [1.29, 1.82) is 5.26 Å². The molecule has 0 unspecified atom stereocenters. The summed E-state index contributed by atoms with van der Waals surface area (Å²) in [5.41, 5.74) is -3.61. The van der Waals surface area contributed by atoms with E-state index in [-0.39, 0.29) is 12.4 Å². The van der Waals surface area contributed by atoms with E-state index in [0.717, 1.165) is 6.07 Å². The summed E-state index contributed by atoms with van der Waals surface area (Å²) >= 11 is 3.91. The van der Waals surface area contributed by atoms with Crippen LogP contribution >= 0.6 is 12.6 Å². The number of allylic oxidation sites excluding steroid dienone is 1. The molecule has 0 aromatic heterocycles. The molecule has 0 radical (unpaired) electrons. The molecule has 25 heavy (non-hydrogen) atoms. The lowest BCUT2D eigenvalue weighted by Crippen LogP contribution is -2.23. The summed E-state index contributed by atoms with van der Waals surface area (Å²) in [6.45, 7) is 4.60. The van der Waals surface area contributed by atoms with Gasteiger partial charge in [-0.05, 0) is 18.2 Å². The highest BCUT2D eigenvalue weighted by Gasteiger charge is 2.37. The average Bonchev–Trinajstić information content (AvgIpc) is 2.51. The zero-order valence-electron chi connectivity index (χ0n) is 13.9. The molecule has 1 aromatic carbocycles. The second-order valence-electron chi connectivity index (χ2n) is 6.19. The normalized spacial score (nSPS) is 13.0. The molecule has 1 aromatic rings. The number of rotatable bonds is 5. The molecule has 0 bridgehead atoms. The van der Waals surface area contributed by atoms with Crippen molar-refractivity contribution in [3.8, 4) is 11.8 Å². The second-order valence-corrected chi connectivity index (χ2v) is 6.64. The van der Waals surface area contributed by atoms with Crippen molar-refractivity contribution in [2.75, 3.05) is 12.4 Å². The lowest BCUT2D eigenvalue weighted by Gasteiger charge is -2.18. The van der Waals surface area contributed by atoms with E-state index in [2.05, 4.69) is 12.6 Å². The third kappa shape index (κ3) is 5.16. The number of halogens is 3. The molecule has 0 aliphatic rings. The number of ketones is 1. The van der Waals surface area contributed by atoms with Crippen molar-refractivity contribution < 1.29 is 27.8 Å². The maximum atomic E-state index is 13.3. The van der Waals surface area contributed by atoms with Crippen LogP contribution < -0.4 is 4.74 Å². The lowest BCUT2D eigenvalue weighted by atomic mass is 9.85. The van der Waals surface area contributed by atoms with Gasteiger partial charge < -0.3 is 9.84 Å². The number of benzene rings is 1. The molecule has 0 aliphatic heterocycles. The van der Waals surface area contributed by atoms with Crippen molar-refractivity contribution in [3.63, 3.8) is 0 Å². The van der Waals surface area contributed by atoms with Crippen molar-refractivity contribution >= 4 is 24.2 Å². The van der Waals surface area contributed by atoms with Gasteiger partial charge in [-0.1, -0.05) is 20.8 Å². The van der Waals surface area contributed by atoms with E-state index in [1.807, 2.05) is 0 Å². The lowest BCUT2D eigenvalue weighted by molar-refractivity contribution is -0.138. The number of ether oxygens (including phenoxy) is 1. The molecule has 1 N–H and O–H groups in total. The van der Waals surface area contributed by atoms with Crippen molar-refractivity contribution in [2.45, 2.75) is 26.9 Å². The van der Waals surface area contributed by atoms with Crippen LogP contribution in [0.15, 0.2) is 23.8 Å². The molecule has 4 nitrogen and oxygen atoms in total. The van der Waals surface area contributed by atoms with Crippen LogP contribution in [0.25, 0.3) is 5.76 Å². The van der Waals surface area contributed by atoms with Gasteiger partial charge in [-0.2, -0.15) is 31.1 Å². The number of carbonyl (C=O) groups is 1. The summed E-state index contributed by atoms with van der Waals surface area (Å²) in [6.07, 6.45) is -4.81. The van der Waals surface area contributed by atoms with Gasteiger partial charge in [-0.25, -0.2) is 0 Å². The fraction of sp³-hybridized carbons (Fsp3) is 0.412. The first kappa shape index (κ1) is 20.9. The zero-order valence-corrected chi connectivity index (χ0v) is 14.8. The van der Waals surface area contributed by atoms with Gasteiger partial charge in [-0.15, -0.1) is 0 Å². The fourth-order valence-corrected chi connectivity index (χ4v) is 2.03. The minimum Gasteiger partial charge on any atom is -0.506 e. The molecule has 136 valence electrons. The predicted octanol–water partition coefficient (Wildman–Crippen LogP) is 4.42. The highest BCUT2D eigenvalue weighted by Crippen LogP contribution is 2.38. The summed E-state index contributed by atoms with van der Waals surface area (Å²) in [5, 5.41) is 19.4. The van der Waals surface area contributed by atoms with Gasteiger partial charge in [0.15, 0.2) is 5.78 Å². The smallest absolute Gasteiger partial charge is 0.417 e. The standard InChI is InChI=1S/C17H18F3NO3S/c1-16(2,3)15(23)12(9-21)14(22)11-5-4-10(24-6-7-25)8-13(11)17(18,19)20/h4-5,8,22,25H,6-7H2,1-3H3. The molecule has 1 rings (SSSR count). The quantitative estimate of drug-likeness (QED) is 0.347. The third-order valence-corrected chi connectivity index (χ3v) is 3.35. The van der Waals surface area contributed by atoms with Crippen LogP contribution in [0.2, 0.25) is 0 Å². The van der Waals surface area contributed by atoms with Crippen LogP contribution in [-0.4, -0.2) is 23.2 Å². The number of hydrogen-bond donors (Lipinski definition) is 2. The number of alkyl halides is 3. The summed E-state index contributed by atoms with van der Waals surface area (Å²) in [4.78, 5) is 12.2. The van der Waals surface area contributed by atoms with Crippen LogP contribution in [0.3, 0.4) is 0 Å². The minimum absolute atomic E-state index is 0.0569. The Hall–Kier alpha value is -2.14. The van der Waals surface area contributed by atoms with Crippen LogP contribution in [-0.2, 0) is 11.0 Å². The molecule has 0 saturated heterocycles. The van der Waals surface area contributed by atoms with E-state index in [0.29, 0.717) is 11.8 Å². The average molecular weight is 373 g/mol. The van der Waals surface area contributed by atoms with E-state index < -0.39 is 39.8 Å². The SMILES string of the molecule is CC(C)(C)C(=O)C(C#N)=C(O)c1ccc(OCCS)cc1C(F)(F)F. The van der Waals surface area contributed by atoms with E-state index in [9.17, 15) is 23.1 Å². The maximum Gasteiger partial charge on any atom is 0.417 e. The van der Waals surface area contributed by atoms with Gasteiger partial charge in [0, 0.05) is 16.7 Å². The largest absolute Gasteiger partial charge is 0.506 e. The number of carbonyl (C=O) groups excluding carboxylic acids is 1. The van der Waals surface area contributed by atoms with Gasteiger partial charge in [0.2, 0.25) is 0 Å². The molecule has 0 atom stereocenters. The molecule has 0 saturated carbocycles. The molecule has 0 fully saturated rings. The summed E-state index contributed by atoms with van der Waals surface area (Å²) < 4.78 is 45.1. The summed E-state index contributed by atoms with van der Waals surface area (Å²) in [7, 11) is 0. The number of thiol groups is 1. The molecule has 0 heterocycles. The van der Waals surface area contributed by atoms with Crippen molar-refractivity contribution in [2.24, 2.45) is 5.41 Å². The second kappa shape index (κ2) is 7.83. The Kier molecular flexibility index (Phi) is 6.54. The van der Waals surface area contributed by atoms with Gasteiger partial charge in [0.25, 0.3) is 0 Å². The van der Waals surface area contributed by atoms with E-state index in [4.69, 9.17) is 10.00 Å². The predicted molar refractivity (Wildman–Crippen MR) is 90.4 cm³/mol. The van der Waals surface area contributed by atoms with Crippen molar-refractivity contribution in [3.05, 3.63) is 34.9 Å². The van der Waals surface area contributed by atoms with E-state index >= 15 is 0 Å². The van der Waals surface area contributed by atoms with Gasteiger partial charge in [0.05, 0.1) is 12.2 Å². The molecule has 0 aliphatic carbocycles. The number of aliphatic hydroxyl groups excluding tert-OH is 1. The van der Waals surface area contributed by atoms with Crippen molar-refractivity contribution in [1.82, 2.24) is 0 Å². The third-order valence-electron chi connectivity index (χ3n) is 3.17. The Balaban J connectivity index is 3.56. The van der Waals surface area contributed by atoms with Crippen LogP contribution in [0, 0.1) is 16.7 Å². The number of hydrogen-bond acceptors (Lipinski definition) is 5. The van der Waals surface area contributed by atoms with Crippen LogP contribution in [0.1, 0.15) is 31.9 Å². The minimum atomic E-state index is -4.81. The molecule has 0 spiro atoms. The van der Waals surface area contributed by atoms with Gasteiger partial charge >= 0.3 is 6.18 Å². The Morgan fingerprint density at radius 3 is 2.36 bits per heavy atom. The summed E-state index contributed by atoms with van der Waals surface area (Å²) in [6, 6.07) is 4.41. The first-order valence-electron chi connectivity index (χ1n) is 7.27. The maximum absolute atomic E-state index is 13.3. The molecule has 8 heteroatoms. The molecule has 0 amide bonds. The number of aliphatic hydroxyl groups is 1. The summed E-state index contributed by atoms with van der Waals surface area (Å²) in [5.74, 6) is -1.50. The van der Waals surface area contributed by atoms with Crippen LogP contribution in [0.5, 0.6) is 5.75 Å². The Morgan fingerprint density at radius 2 is 1.92 bits per heavy atom. The number of Topliss-reactive ketones (excluding diaryl/α,β-unsaturated/α-hetero) is 1.